The number of unbranched alkanes of at least 4 members (excludes halogenated alkanes) is 5. The molecule has 1 saturated heterocycles. The van der Waals surface area contributed by atoms with Gasteiger partial charge >= 0.3 is 6.18 Å². The van der Waals surface area contributed by atoms with E-state index < -0.39 is 41.3 Å². The summed E-state index contributed by atoms with van der Waals surface area (Å²) in [5.41, 5.74) is 7.29. The molecule has 7 rings (SSSR count). The van der Waals surface area contributed by atoms with Gasteiger partial charge in [0.15, 0.2) is 0 Å². The minimum atomic E-state index is -4.81. The number of hydrogen-bond acceptors (Lipinski definition) is 7. The van der Waals surface area contributed by atoms with Crippen LogP contribution in [-0.4, -0.2) is 59.1 Å². The van der Waals surface area contributed by atoms with Crippen LogP contribution in [0.5, 0.6) is 0 Å². The van der Waals surface area contributed by atoms with Crippen LogP contribution in [0.3, 0.4) is 0 Å². The Kier molecular flexibility index (Phi) is 11.5. The molecule has 1 unspecified atom stereocenters. The number of nitrogens with one attached hydrogen (secondary N) is 3. The molecule has 3 aromatic carbocycles. The first-order valence-corrected chi connectivity index (χ1v) is 19.7. The van der Waals surface area contributed by atoms with Crippen molar-refractivity contribution < 1.29 is 41.5 Å². The number of fused-ring (bicyclic) bond motifs is 2. The molecule has 1 aliphatic carbocycles. The summed E-state index contributed by atoms with van der Waals surface area (Å²) >= 11 is 0. The molecule has 3 aliphatic rings. The van der Waals surface area contributed by atoms with Crippen LogP contribution in [0, 0.1) is 5.82 Å². The Morgan fingerprint density at radius 2 is 1.69 bits per heavy atom. The second-order valence-corrected chi connectivity index (χ2v) is 15.2. The lowest BCUT2D eigenvalue weighted by atomic mass is 9.93. The number of amides is 5. The number of halogens is 4. The molecule has 11 nitrogen and oxygen atoms in total. The number of hydrogen-bond donors (Lipinski definition) is 4. The van der Waals surface area contributed by atoms with E-state index in [4.69, 9.17) is 5.73 Å². The van der Waals surface area contributed by atoms with E-state index >= 15 is 4.39 Å². The van der Waals surface area contributed by atoms with Gasteiger partial charge in [0.05, 0.1) is 33.6 Å². The summed E-state index contributed by atoms with van der Waals surface area (Å²) in [7, 11) is 1.54. The minimum Gasteiger partial charge on any atom is -0.387 e. The number of carbonyl (C=O) groups is 5. The molecule has 0 spiro atoms. The predicted molar refractivity (Wildman–Crippen MR) is 208 cm³/mol. The summed E-state index contributed by atoms with van der Waals surface area (Å²) in [4.78, 5) is 68.4. The summed E-state index contributed by atoms with van der Waals surface area (Å²) in [5.74, 6) is -3.43. The molecule has 15 heteroatoms. The van der Waals surface area contributed by atoms with Gasteiger partial charge in [0.25, 0.3) is 17.7 Å². The predicted octanol–water partition coefficient (Wildman–Crippen LogP) is 7.15. The standard InChI is InChI=1S/C43H44F4N6O5/c1-49-38-29-20-28(31(43(45,46)47)21-33(29)51-37(24-12-13-24)36(38)39(48)55)25-14-15-27(32(44)19-25)40(56)50-18-7-5-3-2-4-6-9-23-10-8-11-26-30(23)22-53(42(26)58)34-16-17-35(54)52-41(34)57/h8,10-11,14-15,19-21,24,34H,2-7,9,12-13,16-18,22H2,1H3,(H2,48,55)(H,49,51)(H,50,56)(H,52,54,57). The minimum absolute atomic E-state index is 0.0270. The summed E-state index contributed by atoms with van der Waals surface area (Å²) in [6.07, 6.45) is 3.17. The first kappa shape index (κ1) is 40.3. The van der Waals surface area contributed by atoms with Gasteiger partial charge in [-0.3, -0.25) is 34.3 Å². The smallest absolute Gasteiger partial charge is 0.387 e. The Bertz CT molecular complexity index is 2330. The zero-order valence-corrected chi connectivity index (χ0v) is 32.0. The van der Waals surface area contributed by atoms with Gasteiger partial charge < -0.3 is 21.3 Å². The largest absolute Gasteiger partial charge is 0.417 e. The number of carbonyl (C=O) groups excluding carboxylic acids is 5. The number of nitrogens with zero attached hydrogens (tertiary/aromatic N) is 2. The van der Waals surface area contributed by atoms with E-state index in [1.807, 2.05) is 12.1 Å². The number of imide groups is 1. The van der Waals surface area contributed by atoms with Gasteiger partial charge in [-0.2, -0.15) is 13.2 Å². The van der Waals surface area contributed by atoms with Gasteiger partial charge in [0.2, 0.25) is 11.8 Å². The second kappa shape index (κ2) is 16.5. The van der Waals surface area contributed by atoms with E-state index in [2.05, 4.69) is 20.9 Å². The van der Waals surface area contributed by atoms with E-state index in [0.717, 1.165) is 80.7 Å². The van der Waals surface area contributed by atoms with Crippen molar-refractivity contribution in [1.82, 2.24) is 20.5 Å². The third-order valence-corrected chi connectivity index (χ3v) is 11.3. The number of alkyl halides is 3. The molecule has 0 bridgehead atoms. The number of benzene rings is 3. The van der Waals surface area contributed by atoms with Crippen LogP contribution < -0.4 is 21.7 Å². The molecule has 1 aromatic heterocycles. The fourth-order valence-electron chi connectivity index (χ4n) is 8.16. The highest BCUT2D eigenvalue weighted by Gasteiger charge is 2.40. The van der Waals surface area contributed by atoms with Gasteiger partial charge in [-0.25, -0.2) is 4.39 Å². The molecule has 3 heterocycles. The number of anilines is 1. The molecule has 4 aromatic rings. The van der Waals surface area contributed by atoms with Crippen LogP contribution in [-0.2, 0) is 28.7 Å². The van der Waals surface area contributed by atoms with Gasteiger partial charge in [-0.15, -0.1) is 0 Å². The zero-order valence-electron chi connectivity index (χ0n) is 32.0. The Balaban J connectivity index is 0.907. The van der Waals surface area contributed by atoms with Crippen LogP contribution in [0.1, 0.15) is 124 Å². The van der Waals surface area contributed by atoms with Crippen molar-refractivity contribution >= 4 is 46.1 Å². The maximum absolute atomic E-state index is 15.4. The van der Waals surface area contributed by atoms with Crippen LogP contribution in [0.25, 0.3) is 22.0 Å². The Morgan fingerprint density at radius 1 is 0.948 bits per heavy atom. The van der Waals surface area contributed by atoms with Gasteiger partial charge in [0, 0.05) is 43.4 Å². The van der Waals surface area contributed by atoms with Crippen molar-refractivity contribution in [1.29, 1.82) is 0 Å². The van der Waals surface area contributed by atoms with E-state index in [1.54, 1.807) is 11.0 Å². The molecule has 304 valence electrons. The lowest BCUT2D eigenvalue weighted by Gasteiger charge is -2.29. The van der Waals surface area contributed by atoms with Crippen LogP contribution >= 0.6 is 0 Å². The highest BCUT2D eigenvalue weighted by atomic mass is 19.4. The van der Waals surface area contributed by atoms with E-state index in [-0.39, 0.29) is 63.0 Å². The summed E-state index contributed by atoms with van der Waals surface area (Å²) < 4.78 is 58.7. The van der Waals surface area contributed by atoms with Crippen molar-refractivity contribution in [2.75, 3.05) is 18.9 Å². The quantitative estimate of drug-likeness (QED) is 0.0564. The molecule has 1 atom stereocenters. The number of nitrogens with two attached hydrogens (primary N) is 1. The highest BCUT2D eigenvalue weighted by molar-refractivity contribution is 6.09. The number of primary amides is 1. The van der Waals surface area contributed by atoms with Gasteiger partial charge in [0.1, 0.15) is 11.9 Å². The Morgan fingerprint density at radius 3 is 2.36 bits per heavy atom. The molecular weight excluding hydrogens is 757 g/mol. The lowest BCUT2D eigenvalue weighted by Crippen LogP contribution is -2.52. The average Bonchev–Trinajstić information content (AvgIpc) is 3.98. The first-order valence-electron chi connectivity index (χ1n) is 19.7. The van der Waals surface area contributed by atoms with Crippen molar-refractivity contribution in [2.45, 2.75) is 95.3 Å². The van der Waals surface area contributed by atoms with E-state index in [0.29, 0.717) is 37.2 Å². The average molecular weight is 801 g/mol. The maximum atomic E-state index is 15.4. The maximum Gasteiger partial charge on any atom is 0.417 e. The Labute approximate surface area is 332 Å². The molecule has 2 aliphatic heterocycles. The van der Waals surface area contributed by atoms with Crippen molar-refractivity contribution in [3.05, 3.63) is 93.4 Å². The molecule has 1 saturated carbocycles. The van der Waals surface area contributed by atoms with E-state index in [9.17, 15) is 37.1 Å². The number of piperidine rings is 1. The van der Waals surface area contributed by atoms with E-state index in [1.165, 1.54) is 19.2 Å². The van der Waals surface area contributed by atoms with Crippen LogP contribution in [0.4, 0.5) is 23.2 Å². The summed E-state index contributed by atoms with van der Waals surface area (Å²) in [5, 5.41) is 8.16. The summed E-state index contributed by atoms with van der Waals surface area (Å²) in [6.45, 7) is 0.637. The molecule has 0 radical (unpaired) electrons. The second-order valence-electron chi connectivity index (χ2n) is 15.2. The normalized spacial score (nSPS) is 16.7. The zero-order chi connectivity index (χ0) is 41.3. The third-order valence-electron chi connectivity index (χ3n) is 11.3. The van der Waals surface area contributed by atoms with Crippen molar-refractivity contribution in [3.63, 3.8) is 0 Å². The first-order chi connectivity index (χ1) is 27.8. The fourth-order valence-corrected chi connectivity index (χ4v) is 8.16. The molecule has 2 fully saturated rings. The van der Waals surface area contributed by atoms with Crippen molar-refractivity contribution in [3.8, 4) is 11.1 Å². The van der Waals surface area contributed by atoms with Gasteiger partial charge in [-0.05, 0) is 91.1 Å². The molecule has 58 heavy (non-hydrogen) atoms. The molecule has 5 N–H and O–H groups in total. The molecular formula is C43H44F4N6O5. The van der Waals surface area contributed by atoms with Crippen LogP contribution in [0.2, 0.25) is 0 Å². The van der Waals surface area contributed by atoms with Crippen molar-refractivity contribution in [2.24, 2.45) is 5.73 Å². The Hall–Kier alpha value is -5.86. The van der Waals surface area contributed by atoms with Crippen LogP contribution in [0.15, 0.2) is 48.5 Å². The summed E-state index contributed by atoms with van der Waals surface area (Å²) in [6, 6.07) is 10.4. The van der Waals surface area contributed by atoms with Gasteiger partial charge in [-0.1, -0.05) is 43.9 Å². The number of rotatable bonds is 15. The fraction of sp³-hybridized carbons (Fsp3) is 0.395. The number of pyridine rings is 1. The topological polar surface area (TPSA) is 164 Å². The third kappa shape index (κ3) is 8.25. The number of aryl methyl sites for hydroxylation is 1. The number of aromatic nitrogens is 1. The highest BCUT2D eigenvalue weighted by Crippen LogP contribution is 2.46. The monoisotopic (exact) mass is 800 g/mol. The lowest BCUT2D eigenvalue weighted by molar-refractivity contribution is -0.138. The SMILES string of the molecule is CNc1c(C(N)=O)c(C2CC2)nc2cc(C(F)(F)F)c(-c3ccc(C(=O)NCCCCCCCCc4cccc5c4CN(C4CCC(=O)NC4=O)C5=O)c(F)c3)cc12. The molecule has 5 amide bonds.